The minimum atomic E-state index is 0.910. The van der Waals surface area contributed by atoms with Gasteiger partial charge in [0.25, 0.3) is 0 Å². The molecule has 0 aliphatic heterocycles. The Morgan fingerprint density at radius 1 is 1.12 bits per heavy atom. The van der Waals surface area contributed by atoms with Gasteiger partial charge in [-0.3, -0.25) is 0 Å². The predicted octanol–water partition coefficient (Wildman–Crippen LogP) is 5.49. The van der Waals surface area contributed by atoms with Crippen LogP contribution in [0.5, 0.6) is 0 Å². The van der Waals surface area contributed by atoms with Crippen LogP contribution < -0.4 is 0 Å². The molecule has 1 aromatic rings. The Morgan fingerprint density at radius 2 is 1.88 bits per heavy atom. The molecule has 0 nitrogen and oxygen atoms in total. The standard InChI is InChI=1S/C15H23Cl/c1-3-8-13(4-2)9-7-11-14-10-5-6-12-15(14)16/h5-6,10,12-13H,3-4,7-9,11H2,1-2H3. The van der Waals surface area contributed by atoms with Gasteiger partial charge in [-0.1, -0.05) is 69.3 Å². The van der Waals surface area contributed by atoms with Gasteiger partial charge >= 0.3 is 0 Å². The molecule has 1 rings (SSSR count). The molecule has 1 atom stereocenters. The SMILES string of the molecule is CCCC(CC)CCCc1ccccc1Cl. The lowest BCUT2D eigenvalue weighted by atomic mass is 9.93. The average Bonchev–Trinajstić information content (AvgIpc) is 2.30. The van der Waals surface area contributed by atoms with Crippen LogP contribution in [-0.2, 0) is 6.42 Å². The van der Waals surface area contributed by atoms with Gasteiger partial charge in [-0.2, -0.15) is 0 Å². The fourth-order valence-corrected chi connectivity index (χ4v) is 2.47. The first kappa shape index (κ1) is 13.6. The van der Waals surface area contributed by atoms with Crippen LogP contribution >= 0.6 is 11.6 Å². The van der Waals surface area contributed by atoms with Crippen molar-refractivity contribution in [3.05, 3.63) is 34.9 Å². The highest BCUT2D eigenvalue weighted by Gasteiger charge is 2.05. The molecule has 90 valence electrons. The summed E-state index contributed by atoms with van der Waals surface area (Å²) in [6.45, 7) is 4.58. The van der Waals surface area contributed by atoms with Gasteiger partial charge in [0.05, 0.1) is 0 Å². The number of hydrogen-bond acceptors (Lipinski definition) is 0. The first-order valence-electron chi connectivity index (χ1n) is 6.51. The van der Waals surface area contributed by atoms with Gasteiger partial charge in [-0.15, -0.1) is 0 Å². The largest absolute Gasteiger partial charge is 0.0840 e. The van der Waals surface area contributed by atoms with E-state index in [1.807, 2.05) is 12.1 Å². The van der Waals surface area contributed by atoms with Crippen molar-refractivity contribution in [2.45, 2.75) is 52.4 Å². The molecule has 0 aliphatic rings. The molecule has 0 amide bonds. The summed E-state index contributed by atoms with van der Waals surface area (Å²) in [4.78, 5) is 0. The van der Waals surface area contributed by atoms with Crippen molar-refractivity contribution in [3.63, 3.8) is 0 Å². The third kappa shape index (κ3) is 4.57. The lowest BCUT2D eigenvalue weighted by Crippen LogP contribution is -1.99. The van der Waals surface area contributed by atoms with Crippen molar-refractivity contribution in [2.24, 2.45) is 5.92 Å². The molecule has 0 fully saturated rings. The average molecular weight is 239 g/mol. The van der Waals surface area contributed by atoms with Gasteiger partial charge in [-0.25, -0.2) is 0 Å². The van der Waals surface area contributed by atoms with Gasteiger partial charge in [0.15, 0.2) is 0 Å². The Bertz CT molecular complexity index is 293. The summed E-state index contributed by atoms with van der Waals surface area (Å²) < 4.78 is 0. The summed E-state index contributed by atoms with van der Waals surface area (Å²) in [6, 6.07) is 8.20. The van der Waals surface area contributed by atoms with Gasteiger partial charge in [0.2, 0.25) is 0 Å². The van der Waals surface area contributed by atoms with Gasteiger partial charge in [-0.05, 0) is 30.4 Å². The Balaban J connectivity index is 2.32. The Hall–Kier alpha value is -0.490. The molecule has 0 N–H and O–H groups in total. The number of aryl methyl sites for hydroxylation is 1. The molecular weight excluding hydrogens is 216 g/mol. The van der Waals surface area contributed by atoms with E-state index in [2.05, 4.69) is 26.0 Å². The van der Waals surface area contributed by atoms with Crippen molar-refractivity contribution in [2.75, 3.05) is 0 Å². The summed E-state index contributed by atoms with van der Waals surface area (Å²) >= 11 is 6.13. The van der Waals surface area contributed by atoms with E-state index in [9.17, 15) is 0 Å². The molecule has 0 saturated heterocycles. The van der Waals surface area contributed by atoms with Crippen LogP contribution in [0.1, 0.15) is 51.5 Å². The lowest BCUT2D eigenvalue weighted by Gasteiger charge is -2.13. The predicted molar refractivity (Wildman–Crippen MR) is 73.1 cm³/mol. The van der Waals surface area contributed by atoms with Gasteiger partial charge in [0, 0.05) is 5.02 Å². The van der Waals surface area contributed by atoms with E-state index in [1.165, 1.54) is 37.7 Å². The van der Waals surface area contributed by atoms with Crippen molar-refractivity contribution in [1.82, 2.24) is 0 Å². The maximum atomic E-state index is 6.13. The lowest BCUT2D eigenvalue weighted by molar-refractivity contribution is 0.419. The Labute approximate surface area is 105 Å². The van der Waals surface area contributed by atoms with E-state index in [4.69, 9.17) is 11.6 Å². The Morgan fingerprint density at radius 3 is 2.50 bits per heavy atom. The number of benzene rings is 1. The maximum absolute atomic E-state index is 6.13. The highest BCUT2D eigenvalue weighted by atomic mass is 35.5. The third-order valence-corrected chi connectivity index (χ3v) is 3.66. The molecule has 0 aliphatic carbocycles. The molecular formula is C15H23Cl. The van der Waals surface area contributed by atoms with Crippen LogP contribution in [-0.4, -0.2) is 0 Å². The quantitative estimate of drug-likeness (QED) is 0.589. The van der Waals surface area contributed by atoms with Gasteiger partial charge < -0.3 is 0 Å². The monoisotopic (exact) mass is 238 g/mol. The summed E-state index contributed by atoms with van der Waals surface area (Å²) in [7, 11) is 0. The fourth-order valence-electron chi connectivity index (χ4n) is 2.24. The number of hydrogen-bond donors (Lipinski definition) is 0. The zero-order chi connectivity index (χ0) is 11.8. The number of rotatable bonds is 7. The fraction of sp³-hybridized carbons (Fsp3) is 0.600. The van der Waals surface area contributed by atoms with E-state index in [-0.39, 0.29) is 0 Å². The smallest absolute Gasteiger partial charge is 0.0437 e. The highest BCUT2D eigenvalue weighted by Crippen LogP contribution is 2.21. The van der Waals surface area contributed by atoms with Gasteiger partial charge in [0.1, 0.15) is 0 Å². The van der Waals surface area contributed by atoms with Crippen LogP contribution in [0.2, 0.25) is 5.02 Å². The molecule has 0 aromatic heterocycles. The molecule has 1 heteroatoms. The molecule has 1 aromatic carbocycles. The van der Waals surface area contributed by atoms with Crippen LogP contribution in [0.25, 0.3) is 0 Å². The van der Waals surface area contributed by atoms with Crippen molar-refractivity contribution >= 4 is 11.6 Å². The van der Waals surface area contributed by atoms with E-state index >= 15 is 0 Å². The molecule has 0 spiro atoms. The summed E-state index contributed by atoms with van der Waals surface area (Å²) in [5, 5.41) is 0.922. The summed E-state index contributed by atoms with van der Waals surface area (Å²) in [5.74, 6) is 0.910. The van der Waals surface area contributed by atoms with Crippen LogP contribution in [0, 0.1) is 5.92 Å². The normalized spacial score (nSPS) is 12.7. The van der Waals surface area contributed by atoms with Crippen LogP contribution in [0.15, 0.2) is 24.3 Å². The van der Waals surface area contributed by atoms with Crippen LogP contribution in [0.3, 0.4) is 0 Å². The van der Waals surface area contributed by atoms with Crippen molar-refractivity contribution < 1.29 is 0 Å². The molecule has 16 heavy (non-hydrogen) atoms. The third-order valence-electron chi connectivity index (χ3n) is 3.29. The maximum Gasteiger partial charge on any atom is 0.0437 e. The van der Waals surface area contributed by atoms with E-state index in [0.717, 1.165) is 17.4 Å². The molecule has 0 radical (unpaired) electrons. The van der Waals surface area contributed by atoms with E-state index in [0.29, 0.717) is 0 Å². The second-order valence-electron chi connectivity index (χ2n) is 4.55. The zero-order valence-corrected chi connectivity index (χ0v) is 11.3. The minimum absolute atomic E-state index is 0.910. The van der Waals surface area contributed by atoms with E-state index in [1.54, 1.807) is 0 Å². The Kier molecular flexibility index (Phi) is 6.56. The topological polar surface area (TPSA) is 0 Å². The van der Waals surface area contributed by atoms with Crippen molar-refractivity contribution in [1.29, 1.82) is 0 Å². The van der Waals surface area contributed by atoms with Crippen LogP contribution in [0.4, 0.5) is 0 Å². The number of halogens is 1. The molecule has 1 unspecified atom stereocenters. The van der Waals surface area contributed by atoms with Crippen molar-refractivity contribution in [3.8, 4) is 0 Å². The first-order valence-corrected chi connectivity index (χ1v) is 6.89. The minimum Gasteiger partial charge on any atom is -0.0840 e. The first-order chi connectivity index (χ1) is 7.77. The van der Waals surface area contributed by atoms with E-state index < -0.39 is 0 Å². The summed E-state index contributed by atoms with van der Waals surface area (Å²) in [5.41, 5.74) is 1.30. The molecule has 0 heterocycles. The highest BCUT2D eigenvalue weighted by molar-refractivity contribution is 6.31. The molecule has 0 saturated carbocycles. The second kappa shape index (κ2) is 7.73. The molecule has 0 bridgehead atoms. The second-order valence-corrected chi connectivity index (χ2v) is 4.95. The zero-order valence-electron chi connectivity index (χ0n) is 10.5. The summed E-state index contributed by atoms with van der Waals surface area (Å²) in [6.07, 6.45) is 7.73.